The molecule has 17 heavy (non-hydrogen) atoms. The Kier molecular flexibility index (Phi) is 4.17. The van der Waals surface area contributed by atoms with Gasteiger partial charge in [0, 0.05) is 0 Å². The van der Waals surface area contributed by atoms with Gasteiger partial charge in [-0.2, -0.15) is 13.2 Å². The first kappa shape index (κ1) is 13.6. The molecular formula is C9H8ClF3N2O2. The predicted molar refractivity (Wildman–Crippen MR) is 54.8 cm³/mol. The normalized spacial score (nSPS) is 11.1. The highest BCUT2D eigenvalue weighted by atomic mass is 35.5. The molecule has 0 aromatic carbocycles. The van der Waals surface area contributed by atoms with E-state index in [9.17, 15) is 18.0 Å². The Bertz CT molecular complexity index is 423. The lowest BCUT2D eigenvalue weighted by molar-refractivity contribution is -0.138. The number of esters is 1. The zero-order chi connectivity index (χ0) is 13.1. The maximum atomic E-state index is 12.4. The SMILES string of the molecule is COC(=O)CNc1cc(C(F)(F)F)cc(Cl)n1. The van der Waals surface area contributed by atoms with Gasteiger partial charge in [0.15, 0.2) is 0 Å². The highest BCUT2D eigenvalue weighted by Crippen LogP contribution is 2.31. The van der Waals surface area contributed by atoms with Crippen LogP contribution in [0.2, 0.25) is 5.15 Å². The summed E-state index contributed by atoms with van der Waals surface area (Å²) in [6.07, 6.45) is -4.52. The van der Waals surface area contributed by atoms with Gasteiger partial charge in [-0.3, -0.25) is 4.79 Å². The number of pyridine rings is 1. The number of hydrogen-bond acceptors (Lipinski definition) is 4. The predicted octanol–water partition coefficient (Wildman–Crippen LogP) is 2.34. The third-order valence-corrected chi connectivity index (χ3v) is 1.96. The first-order chi connectivity index (χ1) is 7.82. The number of methoxy groups -OCH3 is 1. The highest BCUT2D eigenvalue weighted by Gasteiger charge is 2.31. The molecule has 1 aromatic rings. The number of carbonyl (C=O) groups is 1. The molecule has 0 amide bonds. The molecule has 4 nitrogen and oxygen atoms in total. The topological polar surface area (TPSA) is 51.2 Å². The molecule has 0 aliphatic heterocycles. The van der Waals surface area contributed by atoms with Gasteiger partial charge in [0.25, 0.3) is 0 Å². The summed E-state index contributed by atoms with van der Waals surface area (Å²) < 4.78 is 41.5. The van der Waals surface area contributed by atoms with Crippen LogP contribution in [0.3, 0.4) is 0 Å². The molecule has 0 aliphatic rings. The van der Waals surface area contributed by atoms with E-state index < -0.39 is 17.7 Å². The lowest BCUT2D eigenvalue weighted by Gasteiger charge is -2.10. The van der Waals surface area contributed by atoms with E-state index in [1.807, 2.05) is 0 Å². The van der Waals surface area contributed by atoms with Crippen molar-refractivity contribution < 1.29 is 22.7 Å². The average Bonchev–Trinajstić information content (AvgIpc) is 2.24. The van der Waals surface area contributed by atoms with Gasteiger partial charge in [0.1, 0.15) is 17.5 Å². The molecule has 1 heterocycles. The van der Waals surface area contributed by atoms with Gasteiger partial charge < -0.3 is 10.1 Å². The minimum atomic E-state index is -4.52. The summed E-state index contributed by atoms with van der Waals surface area (Å²) in [6.45, 7) is -0.291. The van der Waals surface area contributed by atoms with E-state index in [0.29, 0.717) is 6.07 Å². The summed E-state index contributed by atoms with van der Waals surface area (Å²) in [5.74, 6) is -0.768. The van der Waals surface area contributed by atoms with Gasteiger partial charge in [0.2, 0.25) is 0 Å². The van der Waals surface area contributed by atoms with Gasteiger partial charge in [-0.15, -0.1) is 0 Å². The Balaban J connectivity index is 2.87. The van der Waals surface area contributed by atoms with Crippen molar-refractivity contribution in [2.75, 3.05) is 19.0 Å². The zero-order valence-corrected chi connectivity index (χ0v) is 9.39. The lowest BCUT2D eigenvalue weighted by Crippen LogP contribution is -2.16. The molecule has 1 aromatic heterocycles. The molecule has 0 bridgehead atoms. The van der Waals surface area contributed by atoms with Crippen molar-refractivity contribution in [3.63, 3.8) is 0 Å². The van der Waals surface area contributed by atoms with Crippen LogP contribution in [0.5, 0.6) is 0 Å². The van der Waals surface area contributed by atoms with E-state index in [1.54, 1.807) is 0 Å². The number of aromatic nitrogens is 1. The van der Waals surface area contributed by atoms with Crippen LogP contribution >= 0.6 is 11.6 Å². The molecule has 8 heteroatoms. The summed E-state index contributed by atoms with van der Waals surface area (Å²) in [4.78, 5) is 14.4. The number of anilines is 1. The highest BCUT2D eigenvalue weighted by molar-refractivity contribution is 6.29. The van der Waals surface area contributed by atoms with Crippen LogP contribution in [-0.4, -0.2) is 24.6 Å². The van der Waals surface area contributed by atoms with Crippen molar-refractivity contribution in [1.82, 2.24) is 4.98 Å². The van der Waals surface area contributed by atoms with Crippen molar-refractivity contribution in [3.05, 3.63) is 22.8 Å². The number of nitrogens with zero attached hydrogens (tertiary/aromatic N) is 1. The fourth-order valence-electron chi connectivity index (χ4n) is 0.986. The quantitative estimate of drug-likeness (QED) is 0.675. The maximum absolute atomic E-state index is 12.4. The van der Waals surface area contributed by atoms with Crippen molar-refractivity contribution in [1.29, 1.82) is 0 Å². The lowest BCUT2D eigenvalue weighted by atomic mass is 10.2. The zero-order valence-electron chi connectivity index (χ0n) is 8.64. The Morgan fingerprint density at radius 3 is 2.71 bits per heavy atom. The summed E-state index contributed by atoms with van der Waals surface area (Å²) in [6, 6.07) is 1.46. The van der Waals surface area contributed by atoms with E-state index in [-0.39, 0.29) is 17.5 Å². The molecule has 0 saturated heterocycles. The summed E-state index contributed by atoms with van der Waals surface area (Å²) in [5.41, 5.74) is -0.940. The number of ether oxygens (including phenoxy) is 1. The minimum absolute atomic E-state index is 0.143. The fourth-order valence-corrected chi connectivity index (χ4v) is 1.19. The van der Waals surface area contributed by atoms with Gasteiger partial charge in [0.05, 0.1) is 12.7 Å². The number of nitrogens with one attached hydrogen (secondary N) is 1. The summed E-state index contributed by atoms with van der Waals surface area (Å²) in [7, 11) is 1.16. The largest absolute Gasteiger partial charge is 0.468 e. The monoisotopic (exact) mass is 268 g/mol. The van der Waals surface area contributed by atoms with Crippen molar-refractivity contribution in [2.24, 2.45) is 0 Å². The third-order valence-electron chi connectivity index (χ3n) is 1.76. The Hall–Kier alpha value is -1.50. The third kappa shape index (κ3) is 4.10. The first-order valence-corrected chi connectivity index (χ1v) is 4.76. The molecule has 1 N–H and O–H groups in total. The number of alkyl halides is 3. The van der Waals surface area contributed by atoms with Gasteiger partial charge >= 0.3 is 12.1 Å². The van der Waals surface area contributed by atoms with E-state index in [1.165, 1.54) is 0 Å². The molecular weight excluding hydrogens is 261 g/mol. The second kappa shape index (κ2) is 5.22. The van der Waals surface area contributed by atoms with E-state index in [0.717, 1.165) is 13.2 Å². The van der Waals surface area contributed by atoms with Crippen LogP contribution in [0.1, 0.15) is 5.56 Å². The molecule has 0 saturated carbocycles. The van der Waals surface area contributed by atoms with Crippen molar-refractivity contribution in [2.45, 2.75) is 6.18 Å². The molecule has 0 fully saturated rings. The second-order valence-electron chi connectivity index (χ2n) is 2.99. The van der Waals surface area contributed by atoms with Crippen LogP contribution in [0.25, 0.3) is 0 Å². The number of carbonyl (C=O) groups excluding carboxylic acids is 1. The van der Waals surface area contributed by atoms with Crippen LogP contribution in [0.4, 0.5) is 19.0 Å². The number of hydrogen-bond donors (Lipinski definition) is 1. The van der Waals surface area contributed by atoms with E-state index >= 15 is 0 Å². The Labute approximate surface area is 99.7 Å². The van der Waals surface area contributed by atoms with Gasteiger partial charge in [-0.25, -0.2) is 4.98 Å². The molecule has 0 unspecified atom stereocenters. The number of rotatable bonds is 3. The summed E-state index contributed by atoms with van der Waals surface area (Å²) >= 11 is 5.44. The van der Waals surface area contributed by atoms with Crippen LogP contribution in [0, 0.1) is 0 Å². The molecule has 94 valence electrons. The molecule has 1 rings (SSSR count). The van der Waals surface area contributed by atoms with E-state index in [4.69, 9.17) is 11.6 Å². The molecule has 0 atom stereocenters. The van der Waals surface area contributed by atoms with Crippen LogP contribution in [-0.2, 0) is 15.7 Å². The van der Waals surface area contributed by atoms with Crippen LogP contribution < -0.4 is 5.32 Å². The van der Waals surface area contributed by atoms with Crippen molar-refractivity contribution in [3.8, 4) is 0 Å². The minimum Gasteiger partial charge on any atom is -0.468 e. The maximum Gasteiger partial charge on any atom is 0.416 e. The molecule has 0 radical (unpaired) electrons. The first-order valence-electron chi connectivity index (χ1n) is 4.38. The second-order valence-corrected chi connectivity index (χ2v) is 3.38. The number of halogens is 4. The van der Waals surface area contributed by atoms with Crippen LogP contribution in [0.15, 0.2) is 12.1 Å². The summed E-state index contributed by atoms with van der Waals surface area (Å²) in [5, 5.41) is 2.07. The smallest absolute Gasteiger partial charge is 0.416 e. The average molecular weight is 269 g/mol. The van der Waals surface area contributed by atoms with Crippen molar-refractivity contribution >= 4 is 23.4 Å². The fraction of sp³-hybridized carbons (Fsp3) is 0.333. The molecule has 0 spiro atoms. The van der Waals surface area contributed by atoms with Gasteiger partial charge in [-0.05, 0) is 12.1 Å². The van der Waals surface area contributed by atoms with E-state index in [2.05, 4.69) is 15.0 Å². The molecule has 0 aliphatic carbocycles. The standard InChI is InChI=1S/C9H8ClF3N2O2/c1-17-8(16)4-14-7-3-5(9(11,12)13)2-6(10)15-7/h2-3H,4H2,1H3,(H,14,15). The van der Waals surface area contributed by atoms with Gasteiger partial charge in [-0.1, -0.05) is 11.6 Å². The Morgan fingerprint density at radius 1 is 1.53 bits per heavy atom. The Morgan fingerprint density at radius 2 is 2.18 bits per heavy atom.